The van der Waals surface area contributed by atoms with E-state index in [-0.39, 0.29) is 19.8 Å². The van der Waals surface area contributed by atoms with E-state index in [0.29, 0.717) is 0 Å². The van der Waals surface area contributed by atoms with Crippen LogP contribution in [-0.2, 0) is 18.1 Å². The van der Waals surface area contributed by atoms with Crippen molar-refractivity contribution in [2.75, 3.05) is 19.8 Å². The highest BCUT2D eigenvalue weighted by atomic mass is 31.2. The lowest BCUT2D eigenvalue weighted by atomic mass is 10.1. The van der Waals surface area contributed by atoms with E-state index in [9.17, 15) is 4.57 Å². The average Bonchev–Trinajstić information content (AvgIpc) is 2.82. The normalized spacial score (nSPS) is 13.6. The van der Waals surface area contributed by atoms with Crippen LogP contribution in [-0.4, -0.2) is 19.8 Å². The van der Waals surface area contributed by atoms with Gasteiger partial charge in [-0.15, -0.1) is 0 Å². The van der Waals surface area contributed by atoms with Crippen molar-refractivity contribution >= 4 is 7.82 Å². The van der Waals surface area contributed by atoms with Crippen molar-refractivity contribution in [1.29, 1.82) is 0 Å². The molecule has 0 aromatic carbocycles. The highest BCUT2D eigenvalue weighted by molar-refractivity contribution is 7.48. The number of phosphoric acid groups is 1. The molecule has 4 nitrogen and oxygen atoms in total. The lowest BCUT2D eigenvalue weighted by Crippen LogP contribution is -2.02. The molecular weight excluding hydrogens is 455 g/mol. The zero-order valence-corrected chi connectivity index (χ0v) is 24.9. The summed E-state index contributed by atoms with van der Waals surface area (Å²) < 4.78 is 30.4. The first kappa shape index (κ1) is 34.3. The molecule has 0 saturated heterocycles. The number of allylic oxidation sites excluding steroid dienone is 3. The van der Waals surface area contributed by atoms with Crippen molar-refractivity contribution in [3.63, 3.8) is 0 Å². The van der Waals surface area contributed by atoms with Gasteiger partial charge in [0.1, 0.15) is 0 Å². The fourth-order valence-corrected chi connectivity index (χ4v) is 4.72. The third-order valence-corrected chi connectivity index (χ3v) is 7.66. The van der Waals surface area contributed by atoms with E-state index in [2.05, 4.69) is 41.5 Å². The molecule has 0 spiro atoms. The van der Waals surface area contributed by atoms with Gasteiger partial charge in [-0.05, 0) is 59.3 Å². The van der Waals surface area contributed by atoms with Gasteiger partial charge in [-0.25, -0.2) is 4.57 Å². The molecule has 0 radical (unpaired) electrons. The topological polar surface area (TPSA) is 44.8 Å². The largest absolute Gasteiger partial charge is 0.475 e. The number of hydrogen-bond acceptors (Lipinski definition) is 4. The Morgan fingerprint density at radius 2 is 0.800 bits per heavy atom. The standard InChI is InChI=1S/C30H57O4P/c1-7-10-13-16-19-28(4)22-25-32-35(31,33-26-23-29(5)20-17-14-11-8-2)34-27-24-30(6)21-18-15-12-9-3/h22-24H,7-21,25-27H2,1-6H3/b28-22+,29-23+,30-24+. The summed E-state index contributed by atoms with van der Waals surface area (Å²) >= 11 is 0. The minimum Gasteiger partial charge on any atom is -0.283 e. The summed E-state index contributed by atoms with van der Waals surface area (Å²) in [6, 6.07) is 0. The predicted molar refractivity (Wildman–Crippen MR) is 153 cm³/mol. The van der Waals surface area contributed by atoms with Crippen LogP contribution in [0, 0.1) is 0 Å². The number of phosphoric ester groups is 1. The van der Waals surface area contributed by atoms with E-state index in [1.54, 1.807) is 0 Å². The summed E-state index contributed by atoms with van der Waals surface area (Å²) in [5.41, 5.74) is 3.79. The van der Waals surface area contributed by atoms with Crippen LogP contribution in [0.25, 0.3) is 0 Å². The number of rotatable bonds is 24. The average molecular weight is 513 g/mol. The van der Waals surface area contributed by atoms with Crippen LogP contribution >= 0.6 is 7.82 Å². The molecule has 0 aliphatic carbocycles. The molecule has 0 aliphatic heterocycles. The Morgan fingerprint density at radius 1 is 0.514 bits per heavy atom. The van der Waals surface area contributed by atoms with E-state index in [0.717, 1.165) is 19.3 Å². The van der Waals surface area contributed by atoms with Crippen LogP contribution in [0.1, 0.15) is 138 Å². The Bertz CT molecular complexity index is 551. The minimum atomic E-state index is -3.63. The second-order valence-corrected chi connectivity index (χ2v) is 11.6. The molecule has 0 aromatic heterocycles. The first-order valence-electron chi connectivity index (χ1n) is 14.4. The molecule has 0 aromatic rings. The zero-order chi connectivity index (χ0) is 26.2. The van der Waals surface area contributed by atoms with Gasteiger partial charge in [0.2, 0.25) is 0 Å². The molecule has 0 saturated carbocycles. The lowest BCUT2D eigenvalue weighted by Gasteiger charge is -2.16. The van der Waals surface area contributed by atoms with Gasteiger partial charge in [-0.3, -0.25) is 13.6 Å². The third-order valence-electron chi connectivity index (χ3n) is 6.27. The number of hydrogen-bond donors (Lipinski definition) is 0. The van der Waals surface area contributed by atoms with E-state index >= 15 is 0 Å². The molecular formula is C30H57O4P. The smallest absolute Gasteiger partial charge is 0.283 e. The van der Waals surface area contributed by atoms with Gasteiger partial charge in [0.15, 0.2) is 0 Å². The second-order valence-electron chi connectivity index (χ2n) is 9.92. The maximum atomic E-state index is 13.3. The molecule has 0 aliphatic rings. The van der Waals surface area contributed by atoms with E-state index in [1.165, 1.54) is 93.8 Å². The summed E-state index contributed by atoms with van der Waals surface area (Å²) in [7, 11) is -3.63. The summed E-state index contributed by atoms with van der Waals surface area (Å²) in [6.45, 7) is 13.7. The van der Waals surface area contributed by atoms with Crippen molar-refractivity contribution in [2.24, 2.45) is 0 Å². The van der Waals surface area contributed by atoms with Gasteiger partial charge in [0.25, 0.3) is 0 Å². The highest BCUT2D eigenvalue weighted by Gasteiger charge is 2.25. The van der Waals surface area contributed by atoms with Crippen LogP contribution in [0.5, 0.6) is 0 Å². The Balaban J connectivity index is 4.80. The van der Waals surface area contributed by atoms with Crippen LogP contribution in [0.3, 0.4) is 0 Å². The molecule has 0 heterocycles. The van der Waals surface area contributed by atoms with Gasteiger partial charge in [0.05, 0.1) is 19.8 Å². The molecule has 0 unspecified atom stereocenters. The molecule has 0 amide bonds. The number of unbranched alkanes of at least 4 members (excludes halogenated alkanes) is 9. The molecule has 206 valence electrons. The first-order valence-corrected chi connectivity index (χ1v) is 15.8. The molecule has 0 bridgehead atoms. The van der Waals surface area contributed by atoms with Gasteiger partial charge < -0.3 is 0 Å². The molecule has 0 atom stereocenters. The summed E-state index contributed by atoms with van der Waals surface area (Å²) in [5, 5.41) is 0. The summed E-state index contributed by atoms with van der Waals surface area (Å²) in [5.74, 6) is 0. The SMILES string of the molecule is CCCCCC/C(C)=C/COP(=O)(OC/C=C(\C)CCCCCC)OC/C=C(\C)CCCCCC. The molecule has 5 heteroatoms. The van der Waals surface area contributed by atoms with Crippen molar-refractivity contribution in [2.45, 2.75) is 138 Å². The van der Waals surface area contributed by atoms with Gasteiger partial charge in [0, 0.05) is 0 Å². The zero-order valence-electron chi connectivity index (χ0n) is 24.0. The molecule has 0 fully saturated rings. The highest BCUT2D eigenvalue weighted by Crippen LogP contribution is 2.49. The predicted octanol–water partition coefficient (Wildman–Crippen LogP) is 10.9. The van der Waals surface area contributed by atoms with Gasteiger partial charge >= 0.3 is 7.82 Å². The van der Waals surface area contributed by atoms with Crippen molar-refractivity contribution < 1.29 is 18.1 Å². The molecule has 0 N–H and O–H groups in total. The van der Waals surface area contributed by atoms with Crippen LogP contribution in [0.15, 0.2) is 34.9 Å². The second kappa shape index (κ2) is 23.7. The Hall–Kier alpha value is -0.670. The van der Waals surface area contributed by atoms with E-state index in [1.807, 2.05) is 18.2 Å². The fraction of sp³-hybridized carbons (Fsp3) is 0.800. The Labute approximate surface area is 218 Å². The fourth-order valence-electron chi connectivity index (χ4n) is 3.72. The van der Waals surface area contributed by atoms with Crippen LogP contribution < -0.4 is 0 Å². The van der Waals surface area contributed by atoms with E-state index < -0.39 is 7.82 Å². The van der Waals surface area contributed by atoms with Gasteiger partial charge in [-0.1, -0.05) is 114 Å². The van der Waals surface area contributed by atoms with Crippen molar-refractivity contribution in [3.05, 3.63) is 34.9 Å². The third kappa shape index (κ3) is 22.3. The van der Waals surface area contributed by atoms with Crippen molar-refractivity contribution in [3.8, 4) is 0 Å². The summed E-state index contributed by atoms with van der Waals surface area (Å²) in [6.07, 6.45) is 24.0. The monoisotopic (exact) mass is 512 g/mol. The molecule has 35 heavy (non-hydrogen) atoms. The van der Waals surface area contributed by atoms with Crippen LogP contribution in [0.4, 0.5) is 0 Å². The van der Waals surface area contributed by atoms with Gasteiger partial charge in [-0.2, -0.15) is 0 Å². The molecule has 0 rings (SSSR count). The maximum Gasteiger partial charge on any atom is 0.475 e. The minimum absolute atomic E-state index is 0.246. The summed E-state index contributed by atoms with van der Waals surface area (Å²) in [4.78, 5) is 0. The van der Waals surface area contributed by atoms with E-state index in [4.69, 9.17) is 13.6 Å². The Kier molecular flexibility index (Phi) is 23.3. The maximum absolute atomic E-state index is 13.3. The van der Waals surface area contributed by atoms with Crippen LogP contribution in [0.2, 0.25) is 0 Å². The Morgan fingerprint density at radius 3 is 1.06 bits per heavy atom. The first-order chi connectivity index (χ1) is 16.9. The lowest BCUT2D eigenvalue weighted by molar-refractivity contribution is 0.140. The quantitative estimate of drug-likeness (QED) is 0.0733. The van der Waals surface area contributed by atoms with Crippen molar-refractivity contribution in [1.82, 2.24) is 0 Å².